The average molecular weight is 238 g/mol. The van der Waals surface area contributed by atoms with Crippen LogP contribution in [0, 0.1) is 17.6 Å². The molecule has 2 nitrogen and oxygen atoms in total. The minimum absolute atomic E-state index is 0.0962. The summed E-state index contributed by atoms with van der Waals surface area (Å²) in [6.07, 6.45) is 2.31. The first-order valence-electron chi connectivity index (χ1n) is 5.37. The summed E-state index contributed by atoms with van der Waals surface area (Å²) in [5, 5.41) is 0. The third kappa shape index (κ3) is 2.20. The summed E-state index contributed by atoms with van der Waals surface area (Å²) in [5.41, 5.74) is 0.429. The molecule has 4 heteroatoms. The first kappa shape index (κ1) is 11.8. The molecule has 0 radical (unpaired) electrons. The van der Waals surface area contributed by atoms with Crippen molar-refractivity contribution in [2.45, 2.75) is 12.3 Å². The van der Waals surface area contributed by atoms with Crippen molar-refractivity contribution in [1.82, 2.24) is 0 Å². The van der Waals surface area contributed by atoms with Crippen LogP contribution in [0.1, 0.15) is 17.9 Å². The number of ether oxygens (including phenoxy) is 1. The van der Waals surface area contributed by atoms with E-state index in [0.29, 0.717) is 18.6 Å². The van der Waals surface area contributed by atoms with Crippen molar-refractivity contribution >= 4 is 5.97 Å². The molecule has 1 aliphatic rings. The molecule has 0 saturated carbocycles. The number of cyclic esters (lactones) is 1. The van der Waals surface area contributed by atoms with Gasteiger partial charge in [-0.2, -0.15) is 0 Å². The molecular formula is C13H12F2O2. The van der Waals surface area contributed by atoms with Crippen molar-refractivity contribution in [2.24, 2.45) is 5.92 Å². The van der Waals surface area contributed by atoms with Gasteiger partial charge in [-0.3, -0.25) is 4.79 Å². The van der Waals surface area contributed by atoms with Crippen LogP contribution in [0.5, 0.6) is 0 Å². The van der Waals surface area contributed by atoms with Crippen LogP contribution in [-0.4, -0.2) is 12.6 Å². The summed E-state index contributed by atoms with van der Waals surface area (Å²) < 4.78 is 30.9. The van der Waals surface area contributed by atoms with Gasteiger partial charge in [-0.15, -0.1) is 6.58 Å². The van der Waals surface area contributed by atoms with Gasteiger partial charge in [0.2, 0.25) is 0 Å². The number of halogens is 2. The quantitative estimate of drug-likeness (QED) is 0.585. The SMILES string of the molecule is C=CC1CCOC(=O)C1c1ccc(F)c(F)c1. The van der Waals surface area contributed by atoms with Gasteiger partial charge in [0.25, 0.3) is 0 Å². The van der Waals surface area contributed by atoms with Crippen molar-refractivity contribution < 1.29 is 18.3 Å². The molecular weight excluding hydrogens is 226 g/mol. The van der Waals surface area contributed by atoms with Crippen LogP contribution in [-0.2, 0) is 9.53 Å². The number of esters is 1. The molecule has 0 bridgehead atoms. The van der Waals surface area contributed by atoms with Crippen molar-refractivity contribution in [2.75, 3.05) is 6.61 Å². The third-order valence-corrected chi connectivity index (χ3v) is 2.98. The van der Waals surface area contributed by atoms with Crippen molar-refractivity contribution in [1.29, 1.82) is 0 Å². The van der Waals surface area contributed by atoms with E-state index in [0.717, 1.165) is 12.1 Å². The van der Waals surface area contributed by atoms with Crippen molar-refractivity contribution in [3.05, 3.63) is 48.1 Å². The van der Waals surface area contributed by atoms with Crippen molar-refractivity contribution in [3.8, 4) is 0 Å². The standard InChI is InChI=1S/C13H12F2O2/c1-2-8-5-6-17-13(16)12(8)9-3-4-10(14)11(15)7-9/h2-4,7-8,12H,1,5-6H2. The molecule has 17 heavy (non-hydrogen) atoms. The first-order chi connectivity index (χ1) is 8.13. The molecule has 0 N–H and O–H groups in total. The van der Waals surface area contributed by atoms with Crippen LogP contribution in [0.2, 0.25) is 0 Å². The predicted octanol–water partition coefficient (Wildman–Crippen LogP) is 2.80. The normalized spacial score (nSPS) is 24.2. The second kappa shape index (κ2) is 4.65. The maximum Gasteiger partial charge on any atom is 0.314 e. The lowest BCUT2D eigenvalue weighted by Gasteiger charge is -2.28. The Balaban J connectivity index is 2.37. The monoisotopic (exact) mass is 238 g/mol. The average Bonchev–Trinajstić information content (AvgIpc) is 2.32. The van der Waals surface area contributed by atoms with Gasteiger partial charge in [0.05, 0.1) is 12.5 Å². The van der Waals surface area contributed by atoms with Crippen LogP contribution < -0.4 is 0 Å². The summed E-state index contributed by atoms with van der Waals surface area (Å²) in [6, 6.07) is 3.47. The highest BCUT2D eigenvalue weighted by Crippen LogP contribution is 2.33. The third-order valence-electron chi connectivity index (χ3n) is 2.98. The fraction of sp³-hybridized carbons (Fsp3) is 0.308. The number of carbonyl (C=O) groups excluding carboxylic acids is 1. The Morgan fingerprint density at radius 2 is 2.12 bits per heavy atom. The zero-order valence-corrected chi connectivity index (χ0v) is 9.16. The summed E-state index contributed by atoms with van der Waals surface area (Å²) in [5.74, 6) is -2.97. The van der Waals surface area contributed by atoms with Gasteiger partial charge in [0.15, 0.2) is 11.6 Å². The van der Waals surface area contributed by atoms with E-state index in [4.69, 9.17) is 4.74 Å². The molecule has 0 aliphatic carbocycles. The van der Waals surface area contributed by atoms with Crippen LogP contribution in [0.4, 0.5) is 8.78 Å². The van der Waals surface area contributed by atoms with Crippen LogP contribution in [0.25, 0.3) is 0 Å². The molecule has 1 aliphatic heterocycles. The number of hydrogen-bond acceptors (Lipinski definition) is 2. The lowest BCUT2D eigenvalue weighted by molar-refractivity contribution is -0.150. The summed E-state index contributed by atoms with van der Waals surface area (Å²) >= 11 is 0. The second-order valence-electron chi connectivity index (χ2n) is 4.01. The largest absolute Gasteiger partial charge is 0.465 e. The van der Waals surface area contributed by atoms with Crippen LogP contribution in [0.15, 0.2) is 30.9 Å². The number of allylic oxidation sites excluding steroid dienone is 1. The first-order valence-corrected chi connectivity index (χ1v) is 5.37. The van der Waals surface area contributed by atoms with Gasteiger partial charge in [-0.05, 0) is 30.0 Å². The Bertz CT molecular complexity index is 457. The molecule has 1 aromatic rings. The predicted molar refractivity (Wildman–Crippen MR) is 58.4 cm³/mol. The van der Waals surface area contributed by atoms with E-state index in [1.807, 2.05) is 0 Å². The topological polar surface area (TPSA) is 26.3 Å². The minimum atomic E-state index is -0.955. The van der Waals surface area contributed by atoms with Gasteiger partial charge < -0.3 is 4.74 Å². The summed E-state index contributed by atoms with van der Waals surface area (Å²) in [4.78, 5) is 11.7. The molecule has 1 fully saturated rings. The number of carbonyl (C=O) groups is 1. The van der Waals surface area contributed by atoms with Crippen molar-refractivity contribution in [3.63, 3.8) is 0 Å². The minimum Gasteiger partial charge on any atom is -0.465 e. The molecule has 2 atom stereocenters. The number of rotatable bonds is 2. The lowest BCUT2D eigenvalue weighted by atomic mass is 9.82. The Morgan fingerprint density at radius 1 is 1.35 bits per heavy atom. The maximum absolute atomic E-state index is 13.1. The van der Waals surface area contributed by atoms with Gasteiger partial charge in [-0.25, -0.2) is 8.78 Å². The van der Waals surface area contributed by atoms with E-state index >= 15 is 0 Å². The molecule has 0 amide bonds. The highest BCUT2D eigenvalue weighted by Gasteiger charge is 2.33. The summed E-state index contributed by atoms with van der Waals surface area (Å²) in [6.45, 7) is 4.00. The van der Waals surface area contributed by atoms with Gasteiger partial charge >= 0.3 is 5.97 Å². The van der Waals surface area contributed by atoms with Gasteiger partial charge in [0.1, 0.15) is 0 Å². The maximum atomic E-state index is 13.1. The Morgan fingerprint density at radius 3 is 2.76 bits per heavy atom. The fourth-order valence-corrected chi connectivity index (χ4v) is 2.07. The highest BCUT2D eigenvalue weighted by molar-refractivity contribution is 5.79. The zero-order chi connectivity index (χ0) is 12.4. The Kier molecular flexibility index (Phi) is 3.22. The molecule has 1 heterocycles. The zero-order valence-electron chi connectivity index (χ0n) is 9.16. The van der Waals surface area contributed by atoms with E-state index < -0.39 is 23.5 Å². The molecule has 1 aromatic carbocycles. The number of hydrogen-bond donors (Lipinski definition) is 0. The smallest absolute Gasteiger partial charge is 0.314 e. The van der Waals surface area contributed by atoms with E-state index in [1.165, 1.54) is 6.07 Å². The lowest BCUT2D eigenvalue weighted by Crippen LogP contribution is -2.29. The summed E-state index contributed by atoms with van der Waals surface area (Å²) in [7, 11) is 0. The highest BCUT2D eigenvalue weighted by atomic mass is 19.2. The van der Waals surface area contributed by atoms with Crippen LogP contribution in [0.3, 0.4) is 0 Å². The molecule has 2 rings (SSSR count). The second-order valence-corrected chi connectivity index (χ2v) is 4.01. The van der Waals surface area contributed by atoms with E-state index in [2.05, 4.69) is 6.58 Å². The molecule has 1 saturated heterocycles. The molecule has 90 valence electrons. The molecule has 0 spiro atoms. The molecule has 0 aromatic heterocycles. The fourth-order valence-electron chi connectivity index (χ4n) is 2.07. The van der Waals surface area contributed by atoms with Gasteiger partial charge in [0, 0.05) is 0 Å². The van der Waals surface area contributed by atoms with E-state index in [9.17, 15) is 13.6 Å². The molecule has 2 unspecified atom stereocenters. The van der Waals surface area contributed by atoms with Crippen LogP contribution >= 0.6 is 0 Å². The van der Waals surface area contributed by atoms with Gasteiger partial charge in [-0.1, -0.05) is 12.1 Å². The van der Waals surface area contributed by atoms with E-state index in [-0.39, 0.29) is 5.92 Å². The Labute approximate surface area is 97.9 Å². The van der Waals surface area contributed by atoms with E-state index in [1.54, 1.807) is 6.08 Å². The number of benzene rings is 1. The Hall–Kier alpha value is -1.71.